The van der Waals surface area contributed by atoms with Gasteiger partial charge in [0.05, 0.1) is 6.61 Å². The largest absolute Gasteiger partial charge is 0.359 e. The highest BCUT2D eigenvalue weighted by Crippen LogP contribution is 2.00. The Morgan fingerprint density at radius 1 is 1.70 bits per heavy atom. The summed E-state index contributed by atoms with van der Waals surface area (Å²) in [6.07, 6.45) is 4.32. The maximum Gasteiger partial charge on any atom is 0.127 e. The van der Waals surface area contributed by atoms with Gasteiger partial charge in [0.15, 0.2) is 0 Å². The summed E-state index contributed by atoms with van der Waals surface area (Å²) in [5, 5.41) is 3.18. The number of ether oxygens (including phenoxy) is 1. The molecule has 0 saturated carbocycles. The van der Waals surface area contributed by atoms with Crippen LogP contribution in [0.2, 0.25) is 0 Å². The van der Waals surface area contributed by atoms with Crippen LogP contribution >= 0.6 is 0 Å². The quantitative estimate of drug-likeness (QED) is 0.595. The highest BCUT2D eigenvalue weighted by molar-refractivity contribution is 4.97. The first-order chi connectivity index (χ1) is 4.79. The van der Waals surface area contributed by atoms with Crippen LogP contribution in [0.3, 0.4) is 0 Å². The number of nitrogens with one attached hydrogen (secondary N) is 1. The molecule has 0 aromatic carbocycles. The Kier molecular flexibility index (Phi) is 2.90. The van der Waals surface area contributed by atoms with Crippen LogP contribution in [-0.4, -0.2) is 19.4 Å². The molecule has 2 nitrogen and oxygen atoms in total. The van der Waals surface area contributed by atoms with Crippen LogP contribution in [0.25, 0.3) is 0 Å². The van der Waals surface area contributed by atoms with E-state index in [9.17, 15) is 0 Å². The molecule has 1 unspecified atom stereocenters. The van der Waals surface area contributed by atoms with Crippen LogP contribution in [-0.2, 0) is 4.74 Å². The third kappa shape index (κ3) is 2.50. The van der Waals surface area contributed by atoms with Crippen molar-refractivity contribution in [2.75, 3.05) is 13.2 Å². The van der Waals surface area contributed by atoms with Crippen molar-refractivity contribution >= 4 is 0 Å². The number of rotatable bonds is 3. The molecule has 0 bridgehead atoms. The second-order valence-electron chi connectivity index (χ2n) is 2.98. The second kappa shape index (κ2) is 3.74. The van der Waals surface area contributed by atoms with Crippen molar-refractivity contribution in [1.82, 2.24) is 5.32 Å². The lowest BCUT2D eigenvalue weighted by Gasteiger charge is -2.12. The van der Waals surface area contributed by atoms with Crippen molar-refractivity contribution in [3.8, 4) is 0 Å². The zero-order valence-corrected chi connectivity index (χ0v) is 6.63. The van der Waals surface area contributed by atoms with Crippen LogP contribution in [0.1, 0.15) is 13.8 Å². The molecule has 1 rings (SSSR count). The lowest BCUT2D eigenvalue weighted by Crippen LogP contribution is -2.26. The highest BCUT2D eigenvalue weighted by atomic mass is 16.5. The van der Waals surface area contributed by atoms with Crippen LogP contribution in [0.15, 0.2) is 12.2 Å². The second-order valence-corrected chi connectivity index (χ2v) is 2.98. The summed E-state index contributed by atoms with van der Waals surface area (Å²) in [7, 11) is 0. The molecule has 0 saturated heterocycles. The first-order valence-corrected chi connectivity index (χ1v) is 3.80. The van der Waals surface area contributed by atoms with E-state index in [0.717, 1.165) is 13.2 Å². The first kappa shape index (κ1) is 7.76. The molecule has 0 aromatic rings. The van der Waals surface area contributed by atoms with Crippen molar-refractivity contribution in [1.29, 1.82) is 0 Å². The molecule has 0 aliphatic carbocycles. The fourth-order valence-corrected chi connectivity index (χ4v) is 0.854. The molecule has 58 valence electrons. The summed E-state index contributed by atoms with van der Waals surface area (Å²) in [5.74, 6) is 0.621. The summed E-state index contributed by atoms with van der Waals surface area (Å²) in [5.41, 5.74) is 0. The third-order valence-corrected chi connectivity index (χ3v) is 1.36. The summed E-state index contributed by atoms with van der Waals surface area (Å²) in [6, 6.07) is 0. The van der Waals surface area contributed by atoms with E-state index in [1.165, 1.54) is 0 Å². The van der Waals surface area contributed by atoms with Gasteiger partial charge < -0.3 is 4.74 Å². The molecule has 1 atom stereocenters. The van der Waals surface area contributed by atoms with E-state index >= 15 is 0 Å². The van der Waals surface area contributed by atoms with Gasteiger partial charge in [0.2, 0.25) is 0 Å². The van der Waals surface area contributed by atoms with Crippen LogP contribution in [0.5, 0.6) is 0 Å². The molecule has 0 spiro atoms. The Morgan fingerprint density at radius 2 is 2.50 bits per heavy atom. The Balaban J connectivity index is 2.08. The SMILES string of the molecule is CC(C)COC1C=CCN1. The predicted molar refractivity (Wildman–Crippen MR) is 41.7 cm³/mol. The minimum Gasteiger partial charge on any atom is -0.359 e. The number of hydrogen-bond donors (Lipinski definition) is 1. The van der Waals surface area contributed by atoms with E-state index in [1.54, 1.807) is 0 Å². The summed E-state index contributed by atoms with van der Waals surface area (Å²) in [6.45, 7) is 6.09. The van der Waals surface area contributed by atoms with Crippen molar-refractivity contribution in [3.63, 3.8) is 0 Å². The van der Waals surface area contributed by atoms with Crippen LogP contribution in [0, 0.1) is 5.92 Å². The molecule has 10 heavy (non-hydrogen) atoms. The molecule has 1 aliphatic heterocycles. The van der Waals surface area contributed by atoms with E-state index in [4.69, 9.17) is 4.74 Å². The Bertz CT molecular complexity index is 120. The molecular weight excluding hydrogens is 126 g/mol. The average molecular weight is 141 g/mol. The molecule has 2 heteroatoms. The standard InChI is InChI=1S/C8H15NO/c1-7(2)6-10-8-4-3-5-9-8/h3-4,7-9H,5-6H2,1-2H3. The minimum absolute atomic E-state index is 0.169. The van der Waals surface area contributed by atoms with Gasteiger partial charge in [-0.15, -0.1) is 0 Å². The van der Waals surface area contributed by atoms with Crippen molar-refractivity contribution in [2.24, 2.45) is 5.92 Å². The maximum absolute atomic E-state index is 5.47. The van der Waals surface area contributed by atoms with Gasteiger partial charge in [0, 0.05) is 6.54 Å². The van der Waals surface area contributed by atoms with Gasteiger partial charge in [-0.05, 0) is 12.0 Å². The van der Waals surface area contributed by atoms with E-state index in [1.807, 2.05) is 0 Å². The van der Waals surface area contributed by atoms with Gasteiger partial charge in [-0.1, -0.05) is 19.9 Å². The molecule has 0 amide bonds. The van der Waals surface area contributed by atoms with Gasteiger partial charge in [-0.2, -0.15) is 0 Å². The maximum atomic E-state index is 5.47. The Morgan fingerprint density at radius 3 is 3.00 bits per heavy atom. The first-order valence-electron chi connectivity index (χ1n) is 3.80. The van der Waals surface area contributed by atoms with Gasteiger partial charge in [0.1, 0.15) is 6.23 Å². The van der Waals surface area contributed by atoms with E-state index in [0.29, 0.717) is 5.92 Å². The topological polar surface area (TPSA) is 21.3 Å². The van der Waals surface area contributed by atoms with Crippen LogP contribution < -0.4 is 5.32 Å². The molecule has 0 aromatic heterocycles. The molecule has 1 heterocycles. The minimum atomic E-state index is 0.169. The fraction of sp³-hybridized carbons (Fsp3) is 0.750. The lowest BCUT2D eigenvalue weighted by atomic mass is 10.2. The summed E-state index contributed by atoms with van der Waals surface area (Å²) >= 11 is 0. The summed E-state index contributed by atoms with van der Waals surface area (Å²) in [4.78, 5) is 0. The smallest absolute Gasteiger partial charge is 0.127 e. The summed E-state index contributed by atoms with van der Waals surface area (Å²) < 4.78 is 5.47. The van der Waals surface area contributed by atoms with E-state index in [2.05, 4.69) is 31.3 Å². The predicted octanol–water partition coefficient (Wildman–Crippen LogP) is 1.14. The molecule has 0 radical (unpaired) electrons. The molecule has 1 aliphatic rings. The normalized spacial score (nSPS) is 24.5. The lowest BCUT2D eigenvalue weighted by molar-refractivity contribution is 0.0518. The molecular formula is C8H15NO. The third-order valence-electron chi connectivity index (χ3n) is 1.36. The Hall–Kier alpha value is -0.340. The van der Waals surface area contributed by atoms with E-state index in [-0.39, 0.29) is 6.23 Å². The van der Waals surface area contributed by atoms with Gasteiger partial charge in [-0.25, -0.2) is 0 Å². The monoisotopic (exact) mass is 141 g/mol. The van der Waals surface area contributed by atoms with Crippen molar-refractivity contribution < 1.29 is 4.74 Å². The molecule has 1 N–H and O–H groups in total. The van der Waals surface area contributed by atoms with Crippen molar-refractivity contribution in [3.05, 3.63) is 12.2 Å². The van der Waals surface area contributed by atoms with Gasteiger partial charge in [-0.3, -0.25) is 5.32 Å². The number of hydrogen-bond acceptors (Lipinski definition) is 2. The highest BCUT2D eigenvalue weighted by Gasteiger charge is 2.07. The van der Waals surface area contributed by atoms with Crippen LogP contribution in [0.4, 0.5) is 0 Å². The Labute approximate surface area is 62.3 Å². The van der Waals surface area contributed by atoms with Gasteiger partial charge in [0.25, 0.3) is 0 Å². The fourth-order valence-electron chi connectivity index (χ4n) is 0.854. The van der Waals surface area contributed by atoms with Gasteiger partial charge >= 0.3 is 0 Å². The average Bonchev–Trinajstić information content (AvgIpc) is 2.34. The van der Waals surface area contributed by atoms with E-state index < -0.39 is 0 Å². The zero-order valence-electron chi connectivity index (χ0n) is 6.63. The molecule has 0 fully saturated rings. The van der Waals surface area contributed by atoms with Crippen molar-refractivity contribution in [2.45, 2.75) is 20.1 Å². The zero-order chi connectivity index (χ0) is 7.40.